The highest BCUT2D eigenvalue weighted by Crippen LogP contribution is 2.23. The number of hydrogen-bond donors (Lipinski definition) is 2. The van der Waals surface area contributed by atoms with E-state index in [1.54, 1.807) is 7.05 Å². The number of benzene rings is 1. The first-order valence-electron chi connectivity index (χ1n) is 9.23. The van der Waals surface area contributed by atoms with Crippen molar-refractivity contribution >= 4 is 11.8 Å². The molecule has 2 N–H and O–H groups in total. The van der Waals surface area contributed by atoms with Gasteiger partial charge in [-0.1, -0.05) is 12.1 Å². The Morgan fingerprint density at radius 2 is 2.00 bits per heavy atom. The molecule has 2 aliphatic heterocycles. The minimum absolute atomic E-state index is 0.0819. The number of amides is 2. The van der Waals surface area contributed by atoms with E-state index >= 15 is 0 Å². The van der Waals surface area contributed by atoms with Gasteiger partial charge in [-0.3, -0.25) is 14.5 Å². The summed E-state index contributed by atoms with van der Waals surface area (Å²) in [5.74, 6) is 0.149. The molecule has 1 atom stereocenters. The van der Waals surface area contributed by atoms with Crippen molar-refractivity contribution in [2.45, 2.75) is 25.3 Å². The second-order valence-electron chi connectivity index (χ2n) is 6.84. The first-order chi connectivity index (χ1) is 12.2. The summed E-state index contributed by atoms with van der Waals surface area (Å²) in [6, 6.07) is 7.84. The molecule has 0 spiro atoms. The molecule has 3 rings (SSSR count). The van der Waals surface area contributed by atoms with Gasteiger partial charge in [0.05, 0.1) is 6.54 Å². The summed E-state index contributed by atoms with van der Waals surface area (Å²) in [5.41, 5.74) is 1.74. The number of nitrogens with one attached hydrogen (secondary N) is 2. The fraction of sp³-hybridized carbons (Fsp3) is 0.579. The van der Waals surface area contributed by atoms with E-state index in [0.29, 0.717) is 12.1 Å². The molecule has 2 fully saturated rings. The molecular formula is C19H28N4O2. The monoisotopic (exact) mass is 344 g/mol. The number of piperidine rings is 1. The van der Waals surface area contributed by atoms with Crippen LogP contribution in [0.1, 0.15) is 41.2 Å². The average Bonchev–Trinajstić information content (AvgIpc) is 2.68. The number of piperazine rings is 1. The van der Waals surface area contributed by atoms with Gasteiger partial charge >= 0.3 is 0 Å². The molecular weight excluding hydrogens is 316 g/mol. The maximum absolute atomic E-state index is 12.7. The summed E-state index contributed by atoms with van der Waals surface area (Å²) in [6.45, 7) is 4.76. The van der Waals surface area contributed by atoms with Gasteiger partial charge in [-0.2, -0.15) is 0 Å². The summed E-state index contributed by atoms with van der Waals surface area (Å²) < 4.78 is 0. The molecule has 25 heavy (non-hydrogen) atoms. The van der Waals surface area contributed by atoms with Crippen LogP contribution in [-0.4, -0.2) is 67.9 Å². The van der Waals surface area contributed by atoms with Gasteiger partial charge in [0.25, 0.3) is 5.91 Å². The number of carbonyl (C=O) groups excluding carboxylic acids is 2. The maximum atomic E-state index is 12.7. The molecule has 2 heterocycles. The van der Waals surface area contributed by atoms with Crippen molar-refractivity contribution < 1.29 is 9.59 Å². The SMILES string of the molecule is CNC(=O)c1cccc([C@@H]2CNCCN2CC(=O)N2CCCCC2)c1. The maximum Gasteiger partial charge on any atom is 0.251 e. The lowest BCUT2D eigenvalue weighted by molar-refractivity contribution is -0.134. The third-order valence-electron chi connectivity index (χ3n) is 5.16. The zero-order valence-corrected chi connectivity index (χ0v) is 15.0. The Labute approximate surface area is 149 Å². The zero-order chi connectivity index (χ0) is 17.6. The van der Waals surface area contributed by atoms with Crippen molar-refractivity contribution in [2.24, 2.45) is 0 Å². The number of nitrogens with zero attached hydrogens (tertiary/aromatic N) is 2. The van der Waals surface area contributed by atoms with Crippen LogP contribution in [0, 0.1) is 0 Å². The predicted octanol–water partition coefficient (Wildman–Crippen LogP) is 1.01. The van der Waals surface area contributed by atoms with Gasteiger partial charge in [-0.15, -0.1) is 0 Å². The van der Waals surface area contributed by atoms with Crippen LogP contribution in [-0.2, 0) is 4.79 Å². The van der Waals surface area contributed by atoms with Crippen molar-refractivity contribution in [3.05, 3.63) is 35.4 Å². The largest absolute Gasteiger partial charge is 0.355 e. The lowest BCUT2D eigenvalue weighted by Crippen LogP contribution is -2.50. The van der Waals surface area contributed by atoms with Crippen LogP contribution in [0.15, 0.2) is 24.3 Å². The van der Waals surface area contributed by atoms with Crippen molar-refractivity contribution in [1.82, 2.24) is 20.4 Å². The molecule has 0 saturated carbocycles. The first-order valence-corrected chi connectivity index (χ1v) is 9.23. The van der Waals surface area contributed by atoms with E-state index in [0.717, 1.165) is 51.1 Å². The van der Waals surface area contributed by atoms with Crippen molar-refractivity contribution in [1.29, 1.82) is 0 Å². The van der Waals surface area contributed by atoms with Crippen LogP contribution in [0.5, 0.6) is 0 Å². The molecule has 2 saturated heterocycles. The third-order valence-corrected chi connectivity index (χ3v) is 5.16. The fourth-order valence-corrected chi connectivity index (χ4v) is 3.71. The van der Waals surface area contributed by atoms with E-state index in [1.165, 1.54) is 6.42 Å². The van der Waals surface area contributed by atoms with E-state index in [1.807, 2.05) is 29.2 Å². The fourth-order valence-electron chi connectivity index (χ4n) is 3.71. The molecule has 0 bridgehead atoms. The quantitative estimate of drug-likeness (QED) is 0.855. The van der Waals surface area contributed by atoms with Crippen LogP contribution in [0.25, 0.3) is 0 Å². The zero-order valence-electron chi connectivity index (χ0n) is 15.0. The molecule has 2 aliphatic rings. The Morgan fingerprint density at radius 3 is 2.76 bits per heavy atom. The van der Waals surface area contributed by atoms with Gasteiger partial charge in [-0.25, -0.2) is 0 Å². The lowest BCUT2D eigenvalue weighted by atomic mass is 10.0. The van der Waals surface area contributed by atoms with E-state index in [4.69, 9.17) is 0 Å². The summed E-state index contributed by atoms with van der Waals surface area (Å²) in [6.07, 6.45) is 3.46. The molecule has 0 aliphatic carbocycles. The van der Waals surface area contributed by atoms with Crippen molar-refractivity contribution in [3.63, 3.8) is 0 Å². The van der Waals surface area contributed by atoms with Crippen LogP contribution in [0.3, 0.4) is 0 Å². The van der Waals surface area contributed by atoms with Crippen LogP contribution in [0.2, 0.25) is 0 Å². The summed E-state index contributed by atoms with van der Waals surface area (Å²) >= 11 is 0. The molecule has 1 aromatic carbocycles. The highest BCUT2D eigenvalue weighted by Gasteiger charge is 2.28. The minimum Gasteiger partial charge on any atom is -0.355 e. The summed E-state index contributed by atoms with van der Waals surface area (Å²) in [5, 5.41) is 6.08. The first kappa shape index (κ1) is 17.9. The van der Waals surface area contributed by atoms with E-state index < -0.39 is 0 Å². The predicted molar refractivity (Wildman–Crippen MR) is 97.4 cm³/mol. The Balaban J connectivity index is 1.72. The highest BCUT2D eigenvalue weighted by molar-refractivity contribution is 5.94. The molecule has 2 amide bonds. The molecule has 0 unspecified atom stereocenters. The number of rotatable bonds is 4. The molecule has 1 aromatic rings. The normalized spacial score (nSPS) is 21.8. The van der Waals surface area contributed by atoms with E-state index in [2.05, 4.69) is 15.5 Å². The molecule has 0 radical (unpaired) electrons. The van der Waals surface area contributed by atoms with Crippen LogP contribution in [0.4, 0.5) is 0 Å². The number of carbonyl (C=O) groups is 2. The Bertz CT molecular complexity index is 613. The lowest BCUT2D eigenvalue weighted by Gasteiger charge is -2.38. The van der Waals surface area contributed by atoms with Gasteiger partial charge in [0.15, 0.2) is 0 Å². The number of likely N-dealkylation sites (tertiary alicyclic amines) is 1. The second-order valence-corrected chi connectivity index (χ2v) is 6.84. The van der Waals surface area contributed by atoms with Crippen molar-refractivity contribution in [2.75, 3.05) is 46.3 Å². The molecule has 0 aromatic heterocycles. The molecule has 136 valence electrons. The molecule has 6 nitrogen and oxygen atoms in total. The van der Waals surface area contributed by atoms with Crippen LogP contribution >= 0.6 is 0 Å². The van der Waals surface area contributed by atoms with Gasteiger partial charge in [-0.05, 0) is 37.0 Å². The Kier molecular flexibility index (Phi) is 6.04. The summed E-state index contributed by atoms with van der Waals surface area (Å²) in [7, 11) is 1.64. The topological polar surface area (TPSA) is 64.7 Å². The van der Waals surface area contributed by atoms with Crippen LogP contribution < -0.4 is 10.6 Å². The molecule has 6 heteroatoms. The minimum atomic E-state index is -0.0819. The standard InChI is InChI=1S/C19H28N4O2/c1-20-19(25)16-7-5-6-15(12-16)17-13-21-8-11-23(17)14-18(24)22-9-3-2-4-10-22/h5-7,12,17,21H,2-4,8-11,13-14H2,1H3,(H,20,25)/t17-/m0/s1. The van der Waals surface area contributed by atoms with Gasteiger partial charge in [0.1, 0.15) is 0 Å². The van der Waals surface area contributed by atoms with Crippen molar-refractivity contribution in [3.8, 4) is 0 Å². The highest BCUT2D eigenvalue weighted by atomic mass is 16.2. The Hall–Kier alpha value is -1.92. The van der Waals surface area contributed by atoms with E-state index in [-0.39, 0.29) is 17.9 Å². The second kappa shape index (κ2) is 8.45. The van der Waals surface area contributed by atoms with Gasteiger partial charge < -0.3 is 15.5 Å². The Morgan fingerprint density at radius 1 is 1.20 bits per heavy atom. The number of hydrogen-bond acceptors (Lipinski definition) is 4. The van der Waals surface area contributed by atoms with Gasteiger partial charge in [0.2, 0.25) is 5.91 Å². The smallest absolute Gasteiger partial charge is 0.251 e. The van der Waals surface area contributed by atoms with E-state index in [9.17, 15) is 9.59 Å². The van der Waals surface area contributed by atoms with Gasteiger partial charge in [0, 0.05) is 51.4 Å². The third kappa shape index (κ3) is 4.38. The average molecular weight is 344 g/mol. The summed E-state index contributed by atoms with van der Waals surface area (Å²) in [4.78, 5) is 28.8.